The van der Waals surface area contributed by atoms with E-state index in [1.807, 2.05) is 19.1 Å². The van der Waals surface area contributed by atoms with Crippen molar-refractivity contribution in [3.05, 3.63) is 35.4 Å². The third kappa shape index (κ3) is 5.37. The van der Waals surface area contributed by atoms with E-state index < -0.39 is 0 Å². The number of aryl methyl sites for hydroxylation is 1. The molecular weight excluding hydrogens is 376 g/mol. The van der Waals surface area contributed by atoms with Crippen LogP contribution in [0.5, 0.6) is 28.7 Å². The number of anilines is 1. The van der Waals surface area contributed by atoms with E-state index in [4.69, 9.17) is 23.7 Å². The third-order valence-corrected chi connectivity index (χ3v) is 4.44. The van der Waals surface area contributed by atoms with E-state index in [1.54, 1.807) is 26.4 Å². The molecule has 0 radical (unpaired) electrons. The van der Waals surface area contributed by atoms with E-state index in [0.717, 1.165) is 11.1 Å². The first-order valence-corrected chi connectivity index (χ1v) is 9.03. The van der Waals surface area contributed by atoms with Crippen molar-refractivity contribution in [2.45, 2.75) is 13.3 Å². The van der Waals surface area contributed by atoms with E-state index in [0.29, 0.717) is 47.4 Å². The van der Waals surface area contributed by atoms with Crippen LogP contribution in [0.2, 0.25) is 0 Å². The summed E-state index contributed by atoms with van der Waals surface area (Å²) in [5.74, 6) is 2.73. The number of carbonyl (C=O) groups is 1. The smallest absolute Gasteiger partial charge is 0.319 e. The van der Waals surface area contributed by atoms with Gasteiger partial charge in [0.15, 0.2) is 23.0 Å². The normalized spacial score (nSPS) is 10.1. The van der Waals surface area contributed by atoms with E-state index >= 15 is 0 Å². The summed E-state index contributed by atoms with van der Waals surface area (Å²) in [6.45, 7) is 2.44. The van der Waals surface area contributed by atoms with Crippen molar-refractivity contribution in [2.24, 2.45) is 0 Å². The highest BCUT2D eigenvalue weighted by Gasteiger charge is 2.14. The fourth-order valence-electron chi connectivity index (χ4n) is 2.93. The minimum atomic E-state index is -0.336. The minimum Gasteiger partial charge on any atom is -0.493 e. The molecule has 2 amide bonds. The zero-order chi connectivity index (χ0) is 21.4. The molecule has 0 aliphatic carbocycles. The number of rotatable bonds is 9. The van der Waals surface area contributed by atoms with Gasteiger partial charge >= 0.3 is 6.03 Å². The Kier molecular flexibility index (Phi) is 7.82. The maximum Gasteiger partial charge on any atom is 0.319 e. The number of benzene rings is 2. The van der Waals surface area contributed by atoms with E-state index in [1.165, 1.54) is 21.3 Å². The molecule has 29 heavy (non-hydrogen) atoms. The lowest BCUT2D eigenvalue weighted by atomic mass is 10.0. The Hall–Kier alpha value is -3.29. The van der Waals surface area contributed by atoms with Gasteiger partial charge in [-0.1, -0.05) is 0 Å². The van der Waals surface area contributed by atoms with Crippen LogP contribution in [0.4, 0.5) is 10.5 Å². The molecule has 0 unspecified atom stereocenters. The largest absolute Gasteiger partial charge is 0.493 e. The molecule has 0 aliphatic rings. The predicted molar refractivity (Wildman–Crippen MR) is 111 cm³/mol. The van der Waals surface area contributed by atoms with Crippen LogP contribution in [0, 0.1) is 6.92 Å². The van der Waals surface area contributed by atoms with Gasteiger partial charge in [-0.05, 0) is 36.6 Å². The topological polar surface area (TPSA) is 87.3 Å². The van der Waals surface area contributed by atoms with Crippen molar-refractivity contribution >= 4 is 11.7 Å². The van der Waals surface area contributed by atoms with Crippen molar-refractivity contribution < 1.29 is 28.5 Å². The van der Waals surface area contributed by atoms with Crippen molar-refractivity contribution in [3.8, 4) is 28.7 Å². The predicted octanol–water partition coefficient (Wildman–Crippen LogP) is 3.40. The molecule has 0 fully saturated rings. The van der Waals surface area contributed by atoms with Crippen LogP contribution in [-0.4, -0.2) is 48.1 Å². The van der Waals surface area contributed by atoms with E-state index in [-0.39, 0.29) is 6.03 Å². The van der Waals surface area contributed by atoms with Gasteiger partial charge in [0.2, 0.25) is 5.75 Å². The van der Waals surface area contributed by atoms with Crippen LogP contribution in [-0.2, 0) is 6.42 Å². The first kappa shape index (κ1) is 22.0. The van der Waals surface area contributed by atoms with Gasteiger partial charge in [0.05, 0.1) is 41.2 Å². The first-order valence-electron chi connectivity index (χ1n) is 9.03. The monoisotopic (exact) mass is 404 g/mol. The summed E-state index contributed by atoms with van der Waals surface area (Å²) in [6.07, 6.45) is 0.648. The van der Waals surface area contributed by atoms with Crippen molar-refractivity contribution in [2.75, 3.05) is 47.4 Å². The Balaban J connectivity index is 2.01. The summed E-state index contributed by atoms with van der Waals surface area (Å²) in [4.78, 5) is 12.3. The number of urea groups is 1. The summed E-state index contributed by atoms with van der Waals surface area (Å²) >= 11 is 0. The summed E-state index contributed by atoms with van der Waals surface area (Å²) in [6, 6.07) is 6.84. The Morgan fingerprint density at radius 3 is 1.86 bits per heavy atom. The quantitative estimate of drug-likeness (QED) is 0.666. The van der Waals surface area contributed by atoms with Gasteiger partial charge in [0.25, 0.3) is 0 Å². The molecule has 2 N–H and O–H groups in total. The van der Waals surface area contributed by atoms with Crippen molar-refractivity contribution in [3.63, 3.8) is 0 Å². The average Bonchev–Trinajstić information content (AvgIpc) is 2.73. The number of hydrogen-bond acceptors (Lipinski definition) is 6. The summed E-state index contributed by atoms with van der Waals surface area (Å²) in [5, 5.41) is 5.62. The number of nitrogens with one attached hydrogen (secondary N) is 2. The van der Waals surface area contributed by atoms with Crippen molar-refractivity contribution in [1.29, 1.82) is 0 Å². The van der Waals surface area contributed by atoms with Gasteiger partial charge in [-0.2, -0.15) is 0 Å². The lowest BCUT2D eigenvalue weighted by molar-refractivity contribution is 0.252. The molecule has 0 aromatic heterocycles. The van der Waals surface area contributed by atoms with Crippen LogP contribution < -0.4 is 34.3 Å². The molecule has 2 rings (SSSR count). The Morgan fingerprint density at radius 2 is 1.34 bits per heavy atom. The zero-order valence-electron chi connectivity index (χ0n) is 17.7. The molecule has 8 heteroatoms. The van der Waals surface area contributed by atoms with Crippen LogP contribution in [0.25, 0.3) is 0 Å². The van der Waals surface area contributed by atoms with Crippen LogP contribution in [0.3, 0.4) is 0 Å². The Morgan fingerprint density at radius 1 is 0.793 bits per heavy atom. The standard InChI is InChI=1S/C21H28N2O6/c1-13-9-16(25-2)17(26-3)10-14(13)7-8-22-21(24)23-15-11-18(27-4)20(29-6)19(12-15)28-5/h9-12H,7-8H2,1-6H3,(H2,22,23,24). The van der Waals surface area contributed by atoms with Gasteiger partial charge in [-0.3, -0.25) is 0 Å². The molecular formula is C21H28N2O6. The lowest BCUT2D eigenvalue weighted by Gasteiger charge is -2.15. The third-order valence-electron chi connectivity index (χ3n) is 4.44. The highest BCUT2D eigenvalue weighted by molar-refractivity contribution is 5.90. The van der Waals surface area contributed by atoms with Gasteiger partial charge in [-0.15, -0.1) is 0 Å². The molecule has 0 spiro atoms. The molecule has 0 atom stereocenters. The van der Waals surface area contributed by atoms with Crippen LogP contribution >= 0.6 is 0 Å². The molecule has 0 heterocycles. The number of amides is 2. The molecule has 8 nitrogen and oxygen atoms in total. The van der Waals surface area contributed by atoms with Crippen LogP contribution in [0.15, 0.2) is 24.3 Å². The second-order valence-corrected chi connectivity index (χ2v) is 6.18. The van der Waals surface area contributed by atoms with Gasteiger partial charge in [0.1, 0.15) is 0 Å². The van der Waals surface area contributed by atoms with Crippen LogP contribution in [0.1, 0.15) is 11.1 Å². The fraction of sp³-hybridized carbons (Fsp3) is 0.381. The summed E-state index contributed by atoms with van der Waals surface area (Å²) in [5.41, 5.74) is 2.66. The molecule has 2 aromatic carbocycles. The fourth-order valence-corrected chi connectivity index (χ4v) is 2.93. The summed E-state index contributed by atoms with van der Waals surface area (Å²) < 4.78 is 26.5. The van der Waals surface area contributed by atoms with Crippen molar-refractivity contribution in [1.82, 2.24) is 5.32 Å². The number of ether oxygens (including phenoxy) is 5. The zero-order valence-corrected chi connectivity index (χ0v) is 17.7. The van der Waals surface area contributed by atoms with E-state index in [9.17, 15) is 4.79 Å². The molecule has 0 saturated heterocycles. The van der Waals surface area contributed by atoms with Gasteiger partial charge in [-0.25, -0.2) is 4.79 Å². The Labute approximate surface area is 171 Å². The maximum absolute atomic E-state index is 12.3. The lowest BCUT2D eigenvalue weighted by Crippen LogP contribution is -2.30. The van der Waals surface area contributed by atoms with Gasteiger partial charge in [0, 0.05) is 18.7 Å². The molecule has 0 saturated carbocycles. The Bertz CT molecular complexity index is 828. The average molecular weight is 404 g/mol. The highest BCUT2D eigenvalue weighted by Crippen LogP contribution is 2.39. The maximum atomic E-state index is 12.3. The number of carbonyl (C=O) groups excluding carboxylic acids is 1. The SMILES string of the molecule is COc1cc(C)c(CCNC(=O)Nc2cc(OC)c(OC)c(OC)c2)cc1OC. The first-order chi connectivity index (χ1) is 14.0. The van der Waals surface area contributed by atoms with Gasteiger partial charge < -0.3 is 34.3 Å². The molecule has 0 bridgehead atoms. The summed E-state index contributed by atoms with van der Waals surface area (Å²) in [7, 11) is 7.77. The second-order valence-electron chi connectivity index (χ2n) is 6.18. The molecule has 2 aromatic rings. The van der Waals surface area contributed by atoms with E-state index in [2.05, 4.69) is 10.6 Å². The molecule has 158 valence electrons. The minimum absolute atomic E-state index is 0.336. The highest BCUT2D eigenvalue weighted by atomic mass is 16.5. The molecule has 0 aliphatic heterocycles. The second kappa shape index (κ2) is 10.3. The number of methoxy groups -OCH3 is 5. The number of hydrogen-bond donors (Lipinski definition) is 2.